The van der Waals surface area contributed by atoms with Gasteiger partial charge >= 0.3 is 0 Å². The molecule has 0 bridgehead atoms. The standard InChI is InChI=1S/C11H17ClN4O/c1-7-3-8(13)6-16(5-7)9-4-14-15(2)11(17)10(9)12/h4,7-8H,3,5-6,13H2,1-2H3. The van der Waals surface area contributed by atoms with Crippen LogP contribution in [0.25, 0.3) is 0 Å². The largest absolute Gasteiger partial charge is 0.367 e. The average Bonchev–Trinajstić information content (AvgIpc) is 2.24. The fraction of sp³-hybridized carbons (Fsp3) is 0.636. The van der Waals surface area contributed by atoms with E-state index in [4.69, 9.17) is 17.3 Å². The molecule has 0 aliphatic carbocycles. The first kappa shape index (κ1) is 12.4. The number of piperidine rings is 1. The van der Waals surface area contributed by atoms with Crippen molar-refractivity contribution >= 4 is 17.3 Å². The first-order valence-corrected chi connectivity index (χ1v) is 6.09. The third-order valence-electron chi connectivity index (χ3n) is 3.09. The fourth-order valence-electron chi connectivity index (χ4n) is 2.32. The molecule has 1 aliphatic heterocycles. The Morgan fingerprint density at radius 1 is 1.53 bits per heavy atom. The summed E-state index contributed by atoms with van der Waals surface area (Å²) in [5.74, 6) is 0.499. The van der Waals surface area contributed by atoms with Gasteiger partial charge in [-0.3, -0.25) is 4.79 Å². The molecule has 1 aromatic rings. The lowest BCUT2D eigenvalue weighted by Crippen LogP contribution is -2.47. The summed E-state index contributed by atoms with van der Waals surface area (Å²) in [5.41, 5.74) is 6.41. The maximum atomic E-state index is 11.7. The summed E-state index contributed by atoms with van der Waals surface area (Å²) < 4.78 is 1.24. The number of anilines is 1. The van der Waals surface area contributed by atoms with Crippen LogP contribution in [0.2, 0.25) is 5.02 Å². The van der Waals surface area contributed by atoms with Crippen LogP contribution in [0.5, 0.6) is 0 Å². The zero-order valence-electron chi connectivity index (χ0n) is 10.1. The lowest BCUT2D eigenvalue weighted by atomic mass is 9.96. The second-order valence-electron chi connectivity index (χ2n) is 4.78. The van der Waals surface area contributed by atoms with Gasteiger partial charge in [0.25, 0.3) is 5.56 Å². The minimum Gasteiger partial charge on any atom is -0.367 e. The van der Waals surface area contributed by atoms with Gasteiger partial charge in [-0.1, -0.05) is 18.5 Å². The number of rotatable bonds is 1. The van der Waals surface area contributed by atoms with E-state index in [-0.39, 0.29) is 16.6 Å². The molecule has 0 radical (unpaired) electrons. The Morgan fingerprint density at radius 2 is 2.24 bits per heavy atom. The number of nitrogens with zero attached hydrogens (tertiary/aromatic N) is 3. The van der Waals surface area contributed by atoms with Gasteiger partial charge in [-0.05, 0) is 12.3 Å². The SMILES string of the molecule is CC1CC(N)CN(c2cnn(C)c(=O)c2Cl)C1. The number of aromatic nitrogens is 2. The van der Waals surface area contributed by atoms with E-state index in [1.807, 2.05) is 0 Å². The van der Waals surface area contributed by atoms with Crippen molar-refractivity contribution in [3.8, 4) is 0 Å². The van der Waals surface area contributed by atoms with E-state index in [0.717, 1.165) is 19.5 Å². The van der Waals surface area contributed by atoms with Crippen LogP contribution in [-0.2, 0) is 7.05 Å². The highest BCUT2D eigenvalue weighted by molar-refractivity contribution is 6.33. The van der Waals surface area contributed by atoms with E-state index in [9.17, 15) is 4.79 Å². The van der Waals surface area contributed by atoms with Crippen molar-refractivity contribution in [2.45, 2.75) is 19.4 Å². The smallest absolute Gasteiger partial charge is 0.287 e. The van der Waals surface area contributed by atoms with Gasteiger partial charge in [-0.25, -0.2) is 4.68 Å². The quantitative estimate of drug-likeness (QED) is 0.800. The van der Waals surface area contributed by atoms with Crippen molar-refractivity contribution in [2.24, 2.45) is 18.7 Å². The molecule has 2 rings (SSSR count). The molecule has 1 saturated heterocycles. The van der Waals surface area contributed by atoms with Gasteiger partial charge in [0, 0.05) is 26.2 Å². The molecular weight excluding hydrogens is 240 g/mol. The third-order valence-corrected chi connectivity index (χ3v) is 3.45. The van der Waals surface area contributed by atoms with Crippen LogP contribution >= 0.6 is 11.6 Å². The molecule has 1 fully saturated rings. The van der Waals surface area contributed by atoms with E-state index in [2.05, 4.69) is 16.9 Å². The molecular formula is C11H17ClN4O. The van der Waals surface area contributed by atoms with Gasteiger partial charge in [0.1, 0.15) is 5.02 Å². The van der Waals surface area contributed by atoms with Crippen LogP contribution in [0, 0.1) is 5.92 Å². The zero-order valence-corrected chi connectivity index (χ0v) is 10.8. The number of hydrogen-bond acceptors (Lipinski definition) is 4. The molecule has 2 atom stereocenters. The first-order valence-electron chi connectivity index (χ1n) is 5.71. The minimum absolute atomic E-state index is 0.124. The lowest BCUT2D eigenvalue weighted by Gasteiger charge is -2.36. The minimum atomic E-state index is -0.268. The number of hydrogen-bond donors (Lipinski definition) is 1. The van der Waals surface area contributed by atoms with Crippen LogP contribution in [0.15, 0.2) is 11.0 Å². The molecule has 0 amide bonds. The molecule has 2 N–H and O–H groups in total. The summed E-state index contributed by atoms with van der Waals surface area (Å²) in [5, 5.41) is 4.23. The Kier molecular flexibility index (Phi) is 3.40. The van der Waals surface area contributed by atoms with Crippen molar-refractivity contribution in [1.82, 2.24) is 9.78 Å². The highest BCUT2D eigenvalue weighted by Crippen LogP contribution is 2.26. The molecule has 1 aliphatic rings. The summed E-state index contributed by atoms with van der Waals surface area (Å²) in [6.07, 6.45) is 2.64. The monoisotopic (exact) mass is 256 g/mol. The molecule has 6 heteroatoms. The normalized spacial score (nSPS) is 25.1. The van der Waals surface area contributed by atoms with Gasteiger partial charge in [-0.15, -0.1) is 0 Å². The van der Waals surface area contributed by atoms with Crippen LogP contribution in [0.1, 0.15) is 13.3 Å². The van der Waals surface area contributed by atoms with Crippen LogP contribution in [0.4, 0.5) is 5.69 Å². The van der Waals surface area contributed by atoms with Crippen molar-refractivity contribution < 1.29 is 0 Å². The van der Waals surface area contributed by atoms with E-state index in [1.54, 1.807) is 13.2 Å². The number of halogens is 1. The fourth-order valence-corrected chi connectivity index (χ4v) is 2.61. The van der Waals surface area contributed by atoms with Gasteiger partial charge < -0.3 is 10.6 Å². The summed E-state index contributed by atoms with van der Waals surface area (Å²) >= 11 is 6.07. The molecule has 2 heterocycles. The van der Waals surface area contributed by atoms with Gasteiger partial charge in [0.2, 0.25) is 0 Å². The number of nitrogens with two attached hydrogens (primary N) is 1. The Hall–Kier alpha value is -1.07. The molecule has 17 heavy (non-hydrogen) atoms. The van der Waals surface area contributed by atoms with Gasteiger partial charge in [0.15, 0.2) is 0 Å². The maximum absolute atomic E-state index is 11.7. The van der Waals surface area contributed by atoms with E-state index in [1.165, 1.54) is 4.68 Å². The molecule has 0 spiro atoms. The maximum Gasteiger partial charge on any atom is 0.287 e. The molecule has 0 saturated carbocycles. The lowest BCUT2D eigenvalue weighted by molar-refractivity contribution is 0.401. The third kappa shape index (κ3) is 2.45. The number of aryl methyl sites for hydroxylation is 1. The second kappa shape index (κ2) is 4.66. The van der Waals surface area contributed by atoms with Crippen molar-refractivity contribution in [2.75, 3.05) is 18.0 Å². The predicted octanol–water partition coefficient (Wildman–Crippen LogP) is 0.607. The average molecular weight is 257 g/mol. The van der Waals surface area contributed by atoms with Crippen molar-refractivity contribution in [1.29, 1.82) is 0 Å². The Morgan fingerprint density at radius 3 is 2.88 bits per heavy atom. The Balaban J connectivity index is 2.34. The van der Waals surface area contributed by atoms with E-state index >= 15 is 0 Å². The molecule has 94 valence electrons. The zero-order chi connectivity index (χ0) is 12.6. The van der Waals surface area contributed by atoms with Crippen molar-refractivity contribution in [3.63, 3.8) is 0 Å². The molecule has 2 unspecified atom stereocenters. The van der Waals surface area contributed by atoms with Crippen LogP contribution in [-0.4, -0.2) is 28.9 Å². The second-order valence-corrected chi connectivity index (χ2v) is 5.16. The van der Waals surface area contributed by atoms with Crippen LogP contribution in [0.3, 0.4) is 0 Å². The first-order chi connectivity index (χ1) is 7.99. The molecule has 5 nitrogen and oxygen atoms in total. The highest BCUT2D eigenvalue weighted by atomic mass is 35.5. The van der Waals surface area contributed by atoms with Gasteiger partial charge in [-0.2, -0.15) is 5.10 Å². The Labute approximate surface area is 105 Å². The topological polar surface area (TPSA) is 64.2 Å². The molecule has 1 aromatic heterocycles. The van der Waals surface area contributed by atoms with Crippen molar-refractivity contribution in [3.05, 3.63) is 21.6 Å². The summed E-state index contributed by atoms with van der Waals surface area (Å²) in [6.45, 7) is 3.73. The summed E-state index contributed by atoms with van der Waals surface area (Å²) in [4.78, 5) is 13.8. The summed E-state index contributed by atoms with van der Waals surface area (Å²) in [7, 11) is 1.59. The van der Waals surface area contributed by atoms with E-state index < -0.39 is 0 Å². The van der Waals surface area contributed by atoms with Gasteiger partial charge in [0.05, 0.1) is 11.9 Å². The molecule has 0 aromatic carbocycles. The predicted molar refractivity (Wildman–Crippen MR) is 68.5 cm³/mol. The summed E-state index contributed by atoms with van der Waals surface area (Å²) in [6, 6.07) is 0.124. The highest BCUT2D eigenvalue weighted by Gasteiger charge is 2.24. The van der Waals surface area contributed by atoms with E-state index in [0.29, 0.717) is 11.6 Å². The Bertz CT molecular complexity index is 463. The van der Waals surface area contributed by atoms with Crippen LogP contribution < -0.4 is 16.2 Å².